The summed E-state index contributed by atoms with van der Waals surface area (Å²) in [6.07, 6.45) is 1.18. The minimum atomic E-state index is -0.461. The Bertz CT molecular complexity index is 767. The Morgan fingerprint density at radius 3 is 2.58 bits per heavy atom. The van der Waals surface area contributed by atoms with E-state index < -0.39 is 5.82 Å². The first-order valence-electron chi connectivity index (χ1n) is 5.46. The Morgan fingerprint density at radius 1 is 1.16 bits per heavy atom. The molecule has 3 rings (SSSR count). The summed E-state index contributed by atoms with van der Waals surface area (Å²) in [5.41, 5.74) is 1.56. The number of hydrogen-bond acceptors (Lipinski definition) is 3. The fourth-order valence-electron chi connectivity index (χ4n) is 1.89. The van der Waals surface area contributed by atoms with Gasteiger partial charge in [-0.15, -0.1) is 4.91 Å². The van der Waals surface area contributed by atoms with Crippen molar-refractivity contribution < 1.29 is 4.39 Å². The highest BCUT2D eigenvalue weighted by atomic mass is 35.5. The third-order valence-electron chi connectivity index (χ3n) is 2.76. The van der Waals surface area contributed by atoms with Gasteiger partial charge in [-0.05, 0) is 29.4 Å². The van der Waals surface area contributed by atoms with Crippen molar-refractivity contribution in [3.63, 3.8) is 0 Å². The molecule has 0 fully saturated rings. The first kappa shape index (κ1) is 11.8. The van der Waals surface area contributed by atoms with Crippen LogP contribution in [0.3, 0.4) is 0 Å². The Balaban J connectivity index is 2.28. The number of nitrogens with zero attached hydrogens (tertiary/aromatic N) is 3. The minimum Gasteiger partial charge on any atom is -0.278 e. The molecule has 0 aliphatic heterocycles. The van der Waals surface area contributed by atoms with E-state index in [1.54, 1.807) is 24.3 Å². The topological polar surface area (TPSA) is 46.7 Å². The van der Waals surface area contributed by atoms with Crippen LogP contribution in [-0.4, -0.2) is 9.38 Å². The summed E-state index contributed by atoms with van der Waals surface area (Å²) in [5, 5.41) is 3.53. The van der Waals surface area contributed by atoms with E-state index >= 15 is 0 Å². The van der Waals surface area contributed by atoms with Gasteiger partial charge in [-0.1, -0.05) is 23.7 Å². The van der Waals surface area contributed by atoms with Crippen LogP contribution in [0.15, 0.2) is 47.8 Å². The molecule has 3 aromatic rings. The van der Waals surface area contributed by atoms with Crippen molar-refractivity contribution in [2.75, 3.05) is 0 Å². The van der Waals surface area contributed by atoms with Gasteiger partial charge in [0.1, 0.15) is 17.2 Å². The van der Waals surface area contributed by atoms with Crippen molar-refractivity contribution >= 4 is 23.1 Å². The molecule has 0 amide bonds. The normalized spacial score (nSPS) is 10.8. The molecule has 94 valence electrons. The zero-order valence-corrected chi connectivity index (χ0v) is 10.3. The Hall–Kier alpha value is -2.27. The van der Waals surface area contributed by atoms with Crippen molar-refractivity contribution in [2.45, 2.75) is 0 Å². The van der Waals surface area contributed by atoms with Crippen LogP contribution in [0.25, 0.3) is 16.9 Å². The van der Waals surface area contributed by atoms with Gasteiger partial charge in [0.15, 0.2) is 0 Å². The van der Waals surface area contributed by atoms with Crippen LogP contribution in [0.1, 0.15) is 0 Å². The molecule has 4 nitrogen and oxygen atoms in total. The molecule has 2 heterocycles. The Labute approximate surface area is 112 Å². The van der Waals surface area contributed by atoms with E-state index in [0.717, 1.165) is 0 Å². The van der Waals surface area contributed by atoms with Crippen molar-refractivity contribution in [1.29, 1.82) is 0 Å². The summed E-state index contributed by atoms with van der Waals surface area (Å²) in [6.45, 7) is 0. The number of imidazole rings is 1. The lowest BCUT2D eigenvalue weighted by Crippen LogP contribution is -1.85. The first-order valence-corrected chi connectivity index (χ1v) is 5.84. The van der Waals surface area contributed by atoms with Crippen LogP contribution < -0.4 is 0 Å². The zero-order valence-electron chi connectivity index (χ0n) is 9.55. The molecule has 0 unspecified atom stereocenters. The molecule has 2 aromatic heterocycles. The van der Waals surface area contributed by atoms with E-state index in [9.17, 15) is 9.30 Å². The van der Waals surface area contributed by atoms with Gasteiger partial charge in [0.05, 0.1) is 0 Å². The van der Waals surface area contributed by atoms with Gasteiger partial charge in [-0.25, -0.2) is 9.37 Å². The quantitative estimate of drug-likeness (QED) is 0.658. The highest BCUT2D eigenvalue weighted by molar-refractivity contribution is 6.30. The minimum absolute atomic E-state index is 0.0665. The van der Waals surface area contributed by atoms with E-state index in [2.05, 4.69) is 10.2 Å². The van der Waals surface area contributed by atoms with Gasteiger partial charge in [0, 0.05) is 16.8 Å². The van der Waals surface area contributed by atoms with Crippen LogP contribution in [0.4, 0.5) is 10.2 Å². The van der Waals surface area contributed by atoms with Gasteiger partial charge in [0.25, 0.3) is 0 Å². The van der Waals surface area contributed by atoms with E-state index in [1.165, 1.54) is 22.7 Å². The van der Waals surface area contributed by atoms with Crippen LogP contribution in [0, 0.1) is 10.7 Å². The average molecular weight is 276 g/mol. The molecular weight excluding hydrogens is 269 g/mol. The number of halogens is 2. The Morgan fingerprint density at radius 2 is 1.89 bits per heavy atom. The summed E-state index contributed by atoms with van der Waals surface area (Å²) >= 11 is 5.81. The molecule has 0 bridgehead atoms. The van der Waals surface area contributed by atoms with Crippen molar-refractivity contribution in [3.8, 4) is 11.3 Å². The summed E-state index contributed by atoms with van der Waals surface area (Å²) in [4.78, 5) is 15.3. The summed E-state index contributed by atoms with van der Waals surface area (Å²) < 4.78 is 14.5. The molecule has 1 aromatic carbocycles. The average Bonchev–Trinajstić information content (AvgIpc) is 2.77. The number of nitroso groups, excluding NO2 is 1. The number of benzene rings is 1. The first-order chi connectivity index (χ1) is 9.19. The molecule has 0 saturated heterocycles. The maximum absolute atomic E-state index is 13.2. The van der Waals surface area contributed by atoms with Crippen LogP contribution in [-0.2, 0) is 0 Å². The largest absolute Gasteiger partial charge is 0.278 e. The second-order valence-electron chi connectivity index (χ2n) is 3.96. The molecule has 0 radical (unpaired) electrons. The van der Waals surface area contributed by atoms with Gasteiger partial charge in [-0.3, -0.25) is 4.40 Å². The van der Waals surface area contributed by atoms with Gasteiger partial charge >= 0.3 is 0 Å². The molecule has 6 heteroatoms. The standard InChI is InChI=1S/C13H7ClFN3O/c14-9-3-1-8(2-4-9)12-13(17-19)18-7-10(15)5-6-11(18)16-12/h1-7H. The lowest BCUT2D eigenvalue weighted by Gasteiger charge is -1.97. The van der Waals surface area contributed by atoms with E-state index in [1.807, 2.05) is 0 Å². The third-order valence-corrected chi connectivity index (χ3v) is 3.01. The molecule has 0 spiro atoms. The van der Waals surface area contributed by atoms with Gasteiger partial charge < -0.3 is 0 Å². The number of hydrogen-bond donors (Lipinski definition) is 0. The van der Waals surface area contributed by atoms with E-state index in [0.29, 0.717) is 21.9 Å². The van der Waals surface area contributed by atoms with Crippen LogP contribution in [0.2, 0.25) is 5.02 Å². The fraction of sp³-hybridized carbons (Fsp3) is 0. The second-order valence-corrected chi connectivity index (χ2v) is 4.39. The maximum atomic E-state index is 13.2. The molecule has 0 N–H and O–H groups in total. The van der Waals surface area contributed by atoms with Crippen molar-refractivity contribution in [2.24, 2.45) is 5.18 Å². The lowest BCUT2D eigenvalue weighted by atomic mass is 10.1. The third kappa shape index (κ3) is 1.98. The highest BCUT2D eigenvalue weighted by Gasteiger charge is 2.15. The van der Waals surface area contributed by atoms with Crippen LogP contribution >= 0.6 is 11.6 Å². The molecule has 0 aliphatic carbocycles. The van der Waals surface area contributed by atoms with Crippen LogP contribution in [0.5, 0.6) is 0 Å². The lowest BCUT2D eigenvalue weighted by molar-refractivity contribution is 0.619. The molecule has 0 atom stereocenters. The number of aromatic nitrogens is 2. The summed E-state index contributed by atoms with van der Waals surface area (Å²) in [6, 6.07) is 9.61. The van der Waals surface area contributed by atoms with E-state index in [4.69, 9.17) is 11.6 Å². The predicted octanol–water partition coefficient (Wildman–Crippen LogP) is 4.19. The molecular formula is C13H7ClFN3O. The Kier molecular flexibility index (Phi) is 2.76. The van der Waals surface area contributed by atoms with Crippen molar-refractivity contribution in [3.05, 3.63) is 58.3 Å². The number of pyridine rings is 1. The van der Waals surface area contributed by atoms with Gasteiger partial charge in [0.2, 0.25) is 5.82 Å². The number of fused-ring (bicyclic) bond motifs is 1. The SMILES string of the molecule is O=Nc1c(-c2ccc(Cl)cc2)nc2ccc(F)cn12. The monoisotopic (exact) mass is 275 g/mol. The molecule has 0 aliphatic rings. The molecule has 19 heavy (non-hydrogen) atoms. The summed E-state index contributed by atoms with van der Waals surface area (Å²) in [7, 11) is 0. The van der Waals surface area contributed by atoms with E-state index in [-0.39, 0.29) is 5.82 Å². The fourth-order valence-corrected chi connectivity index (χ4v) is 2.02. The molecule has 0 saturated carbocycles. The highest BCUT2D eigenvalue weighted by Crippen LogP contribution is 2.31. The van der Waals surface area contributed by atoms with Gasteiger partial charge in [-0.2, -0.15) is 0 Å². The second kappa shape index (κ2) is 4.44. The predicted molar refractivity (Wildman–Crippen MR) is 71.1 cm³/mol. The van der Waals surface area contributed by atoms with Crippen molar-refractivity contribution in [1.82, 2.24) is 9.38 Å². The zero-order chi connectivity index (χ0) is 13.4. The summed E-state index contributed by atoms with van der Waals surface area (Å²) in [5.74, 6) is -0.394. The maximum Gasteiger partial charge on any atom is 0.209 e. The number of rotatable bonds is 2. The smallest absolute Gasteiger partial charge is 0.209 e.